The van der Waals surface area contributed by atoms with Gasteiger partial charge in [-0.2, -0.15) is 5.26 Å². The Morgan fingerprint density at radius 1 is 1.32 bits per heavy atom. The largest absolute Gasteiger partial charge is 0.381 e. The molecule has 1 N–H and O–H groups in total. The Balaban J connectivity index is 2.17. The summed E-state index contributed by atoms with van der Waals surface area (Å²) < 4.78 is 0. The molecule has 1 aromatic carbocycles. The lowest BCUT2D eigenvalue weighted by molar-refractivity contribution is 0.254. The van der Waals surface area contributed by atoms with E-state index in [-0.39, 0.29) is 0 Å². The number of hydrogen-bond acceptors (Lipinski definition) is 2. The zero-order chi connectivity index (χ0) is 13.8. The van der Waals surface area contributed by atoms with Gasteiger partial charge >= 0.3 is 0 Å². The van der Waals surface area contributed by atoms with Crippen LogP contribution in [0.2, 0.25) is 5.02 Å². The Morgan fingerprint density at radius 3 is 2.74 bits per heavy atom. The molecule has 19 heavy (non-hydrogen) atoms. The molecule has 2 rings (SSSR count). The van der Waals surface area contributed by atoms with Gasteiger partial charge in [0.2, 0.25) is 0 Å². The fourth-order valence-corrected chi connectivity index (χ4v) is 3.21. The van der Waals surface area contributed by atoms with Gasteiger partial charge in [0, 0.05) is 6.04 Å². The molecule has 1 aromatic rings. The van der Waals surface area contributed by atoms with Crippen LogP contribution in [0, 0.1) is 23.2 Å². The van der Waals surface area contributed by atoms with Crippen LogP contribution in [0.1, 0.15) is 45.1 Å². The van der Waals surface area contributed by atoms with Crippen LogP contribution < -0.4 is 5.32 Å². The van der Waals surface area contributed by atoms with E-state index in [9.17, 15) is 0 Å². The van der Waals surface area contributed by atoms with E-state index in [1.165, 1.54) is 25.7 Å². The van der Waals surface area contributed by atoms with Gasteiger partial charge in [0.15, 0.2) is 0 Å². The lowest BCUT2D eigenvalue weighted by Gasteiger charge is -2.35. The van der Waals surface area contributed by atoms with Gasteiger partial charge in [0.25, 0.3) is 0 Å². The predicted molar refractivity (Wildman–Crippen MR) is 80.4 cm³/mol. The van der Waals surface area contributed by atoms with Gasteiger partial charge < -0.3 is 5.32 Å². The quantitative estimate of drug-likeness (QED) is 0.857. The molecule has 2 nitrogen and oxygen atoms in total. The molecular weight excluding hydrogens is 256 g/mol. The van der Waals surface area contributed by atoms with Gasteiger partial charge in [-0.05, 0) is 42.9 Å². The summed E-state index contributed by atoms with van der Waals surface area (Å²) in [7, 11) is 0. The van der Waals surface area contributed by atoms with Crippen molar-refractivity contribution in [2.24, 2.45) is 11.8 Å². The van der Waals surface area contributed by atoms with Crippen LogP contribution in [-0.2, 0) is 0 Å². The van der Waals surface area contributed by atoms with Gasteiger partial charge in [-0.15, -0.1) is 0 Å². The monoisotopic (exact) mass is 276 g/mol. The number of anilines is 1. The molecule has 0 aromatic heterocycles. The molecule has 102 valence electrons. The average molecular weight is 277 g/mol. The van der Waals surface area contributed by atoms with E-state index in [0.29, 0.717) is 28.5 Å². The smallest absolute Gasteiger partial charge is 0.0992 e. The SMILES string of the molecule is CC(C)C1CCCCC1Nc1cc(C#N)ccc1Cl. The molecule has 0 bridgehead atoms. The molecule has 0 spiro atoms. The summed E-state index contributed by atoms with van der Waals surface area (Å²) >= 11 is 6.23. The summed E-state index contributed by atoms with van der Waals surface area (Å²) in [5.41, 5.74) is 1.56. The van der Waals surface area contributed by atoms with Crippen molar-refractivity contribution in [3.05, 3.63) is 28.8 Å². The third kappa shape index (κ3) is 3.42. The van der Waals surface area contributed by atoms with Crippen molar-refractivity contribution in [2.75, 3.05) is 5.32 Å². The third-order valence-electron chi connectivity index (χ3n) is 4.11. The van der Waals surface area contributed by atoms with Crippen LogP contribution in [-0.4, -0.2) is 6.04 Å². The van der Waals surface area contributed by atoms with E-state index in [4.69, 9.17) is 16.9 Å². The summed E-state index contributed by atoms with van der Waals surface area (Å²) in [5.74, 6) is 1.37. The van der Waals surface area contributed by atoms with Crippen LogP contribution >= 0.6 is 11.6 Å². The number of benzene rings is 1. The highest BCUT2D eigenvalue weighted by Crippen LogP contribution is 2.34. The molecule has 0 aliphatic heterocycles. The molecule has 1 aliphatic rings. The summed E-state index contributed by atoms with van der Waals surface area (Å²) in [6, 6.07) is 8.05. The van der Waals surface area contributed by atoms with Crippen LogP contribution in [0.3, 0.4) is 0 Å². The molecule has 2 unspecified atom stereocenters. The van der Waals surface area contributed by atoms with Gasteiger partial charge in [-0.25, -0.2) is 0 Å². The molecular formula is C16H21ClN2. The predicted octanol–water partition coefficient (Wildman–Crippen LogP) is 4.84. The van der Waals surface area contributed by atoms with Crippen LogP contribution in [0.4, 0.5) is 5.69 Å². The molecule has 0 saturated heterocycles. The van der Waals surface area contributed by atoms with E-state index in [0.717, 1.165) is 5.69 Å². The second kappa shape index (κ2) is 6.30. The normalized spacial score (nSPS) is 23.1. The molecule has 2 atom stereocenters. The average Bonchev–Trinajstić information content (AvgIpc) is 2.41. The maximum atomic E-state index is 8.98. The number of nitrogens with one attached hydrogen (secondary N) is 1. The van der Waals surface area contributed by atoms with E-state index < -0.39 is 0 Å². The highest BCUT2D eigenvalue weighted by Gasteiger charge is 2.27. The first-order valence-corrected chi connectivity index (χ1v) is 7.46. The Bertz CT molecular complexity index is 476. The van der Waals surface area contributed by atoms with Gasteiger partial charge in [-0.3, -0.25) is 0 Å². The lowest BCUT2D eigenvalue weighted by atomic mass is 9.78. The van der Waals surface area contributed by atoms with Crippen molar-refractivity contribution in [1.82, 2.24) is 0 Å². The molecule has 1 aliphatic carbocycles. The number of hydrogen-bond donors (Lipinski definition) is 1. The van der Waals surface area contributed by atoms with Gasteiger partial charge in [0.1, 0.15) is 0 Å². The molecule has 0 radical (unpaired) electrons. The van der Waals surface area contributed by atoms with Crippen molar-refractivity contribution < 1.29 is 0 Å². The van der Waals surface area contributed by atoms with E-state index in [1.807, 2.05) is 6.07 Å². The summed E-state index contributed by atoms with van der Waals surface area (Å²) in [6.07, 6.45) is 5.07. The maximum Gasteiger partial charge on any atom is 0.0992 e. The molecule has 0 amide bonds. The van der Waals surface area contributed by atoms with Crippen molar-refractivity contribution in [2.45, 2.75) is 45.6 Å². The Hall–Kier alpha value is -1.20. The zero-order valence-electron chi connectivity index (χ0n) is 11.6. The van der Waals surface area contributed by atoms with Gasteiger partial charge in [-0.1, -0.05) is 38.3 Å². The minimum atomic E-state index is 0.472. The summed E-state index contributed by atoms with van der Waals surface area (Å²) in [4.78, 5) is 0. The second-order valence-electron chi connectivity index (χ2n) is 5.75. The topological polar surface area (TPSA) is 35.8 Å². The molecule has 1 saturated carbocycles. The second-order valence-corrected chi connectivity index (χ2v) is 6.16. The van der Waals surface area contributed by atoms with Gasteiger partial charge in [0.05, 0.1) is 22.3 Å². The van der Waals surface area contributed by atoms with E-state index >= 15 is 0 Å². The number of nitriles is 1. The van der Waals surface area contributed by atoms with Crippen molar-refractivity contribution in [1.29, 1.82) is 5.26 Å². The Kier molecular flexibility index (Phi) is 4.71. The zero-order valence-corrected chi connectivity index (χ0v) is 12.4. The number of rotatable bonds is 3. The summed E-state index contributed by atoms with van der Waals surface area (Å²) in [5, 5.41) is 13.3. The fourth-order valence-electron chi connectivity index (χ4n) is 3.04. The maximum absolute atomic E-state index is 8.98. The van der Waals surface area contributed by atoms with E-state index in [2.05, 4.69) is 25.2 Å². The third-order valence-corrected chi connectivity index (χ3v) is 4.44. The minimum Gasteiger partial charge on any atom is -0.381 e. The highest BCUT2D eigenvalue weighted by atomic mass is 35.5. The van der Waals surface area contributed by atoms with Crippen LogP contribution in [0.25, 0.3) is 0 Å². The standard InChI is InChI=1S/C16H21ClN2/c1-11(2)13-5-3-4-6-15(13)19-16-9-12(10-18)7-8-14(16)17/h7-9,11,13,15,19H,3-6H2,1-2H3. The number of halogens is 1. The van der Waals surface area contributed by atoms with Crippen molar-refractivity contribution in [3.8, 4) is 6.07 Å². The fraction of sp³-hybridized carbons (Fsp3) is 0.562. The molecule has 0 heterocycles. The van der Waals surface area contributed by atoms with Crippen LogP contribution in [0.15, 0.2) is 18.2 Å². The Morgan fingerprint density at radius 2 is 2.05 bits per heavy atom. The molecule has 3 heteroatoms. The van der Waals surface area contributed by atoms with Crippen molar-refractivity contribution in [3.63, 3.8) is 0 Å². The van der Waals surface area contributed by atoms with Crippen molar-refractivity contribution >= 4 is 17.3 Å². The first-order valence-electron chi connectivity index (χ1n) is 7.08. The first-order chi connectivity index (χ1) is 9.11. The first kappa shape index (κ1) is 14.2. The van der Waals surface area contributed by atoms with Crippen LogP contribution in [0.5, 0.6) is 0 Å². The summed E-state index contributed by atoms with van der Waals surface area (Å²) in [6.45, 7) is 4.58. The highest BCUT2D eigenvalue weighted by molar-refractivity contribution is 6.33. The lowest BCUT2D eigenvalue weighted by Crippen LogP contribution is -2.35. The minimum absolute atomic E-state index is 0.472. The molecule has 1 fully saturated rings. The van der Waals surface area contributed by atoms with E-state index in [1.54, 1.807) is 12.1 Å². The Labute approximate surface area is 120 Å². The number of nitrogens with zero attached hydrogens (tertiary/aromatic N) is 1.